The van der Waals surface area contributed by atoms with Crippen molar-refractivity contribution in [1.29, 1.82) is 0 Å². The van der Waals surface area contributed by atoms with Gasteiger partial charge in [0.1, 0.15) is 5.78 Å². The van der Waals surface area contributed by atoms with Gasteiger partial charge < -0.3 is 0 Å². The average molecular weight is 334 g/mol. The van der Waals surface area contributed by atoms with E-state index in [1.165, 1.54) is 6.92 Å². The molecule has 128 valence electrons. The maximum atomic E-state index is 12.7. The van der Waals surface area contributed by atoms with Gasteiger partial charge in [0, 0.05) is 17.5 Å². The van der Waals surface area contributed by atoms with Crippen molar-refractivity contribution in [1.82, 2.24) is 5.43 Å². The summed E-state index contributed by atoms with van der Waals surface area (Å²) >= 11 is 0. The molecule has 1 amide bonds. The van der Waals surface area contributed by atoms with Crippen LogP contribution in [0.4, 0.5) is 0 Å². The molecule has 0 spiro atoms. The van der Waals surface area contributed by atoms with Crippen molar-refractivity contribution < 1.29 is 9.59 Å². The van der Waals surface area contributed by atoms with Gasteiger partial charge in [0.25, 0.3) is 0 Å². The highest BCUT2D eigenvalue weighted by atomic mass is 16.2. The molecule has 1 aliphatic carbocycles. The van der Waals surface area contributed by atoms with E-state index in [1.54, 1.807) is 6.92 Å². The second-order valence-corrected chi connectivity index (χ2v) is 6.66. The van der Waals surface area contributed by atoms with E-state index in [0.717, 1.165) is 17.5 Å². The molecule has 0 radical (unpaired) electrons. The summed E-state index contributed by atoms with van der Waals surface area (Å²) in [6, 6.07) is 20.3. The highest BCUT2D eigenvalue weighted by molar-refractivity contribution is 6.00. The van der Waals surface area contributed by atoms with E-state index in [9.17, 15) is 9.59 Å². The lowest BCUT2D eigenvalue weighted by molar-refractivity contribution is -0.122. The van der Waals surface area contributed by atoms with Crippen LogP contribution < -0.4 is 5.43 Å². The fourth-order valence-corrected chi connectivity index (χ4v) is 3.48. The molecular formula is C21H22N2O2. The van der Waals surface area contributed by atoms with Gasteiger partial charge in [-0.1, -0.05) is 60.7 Å². The Labute approximate surface area is 148 Å². The van der Waals surface area contributed by atoms with Gasteiger partial charge in [-0.3, -0.25) is 9.59 Å². The minimum Gasteiger partial charge on any atom is -0.300 e. The third kappa shape index (κ3) is 3.53. The molecular weight excluding hydrogens is 312 g/mol. The Bertz CT molecular complexity index is 758. The first-order chi connectivity index (χ1) is 12.0. The molecule has 2 aromatic carbocycles. The molecule has 0 saturated heterocycles. The first-order valence-corrected chi connectivity index (χ1v) is 8.47. The zero-order chi connectivity index (χ0) is 17.9. The lowest BCUT2D eigenvalue weighted by Gasteiger charge is -2.18. The number of ketones is 1. The van der Waals surface area contributed by atoms with Gasteiger partial charge in [-0.05, 0) is 31.4 Å². The molecule has 0 aromatic heterocycles. The second kappa shape index (κ2) is 7.01. The average Bonchev–Trinajstić information content (AvgIpc) is 3.38. The number of carbonyl (C=O) groups is 2. The Kier molecular flexibility index (Phi) is 4.79. The van der Waals surface area contributed by atoms with E-state index in [2.05, 4.69) is 34.8 Å². The van der Waals surface area contributed by atoms with E-state index in [4.69, 9.17) is 0 Å². The molecule has 0 aliphatic heterocycles. The Morgan fingerprint density at radius 2 is 1.52 bits per heavy atom. The molecule has 4 heteroatoms. The Hall–Kier alpha value is -2.75. The summed E-state index contributed by atoms with van der Waals surface area (Å²) in [5.74, 6) is -0.230. The molecule has 1 saturated carbocycles. The van der Waals surface area contributed by atoms with Gasteiger partial charge >= 0.3 is 0 Å². The fraction of sp³-hybridized carbons (Fsp3) is 0.286. The number of rotatable bonds is 6. The highest BCUT2D eigenvalue weighted by Crippen LogP contribution is 2.58. The van der Waals surface area contributed by atoms with Crippen LogP contribution in [0.1, 0.15) is 37.8 Å². The minimum absolute atomic E-state index is 0.0323. The monoisotopic (exact) mass is 334 g/mol. The number of hydrogen-bond acceptors (Lipinski definition) is 3. The molecule has 2 aromatic rings. The van der Waals surface area contributed by atoms with Crippen molar-refractivity contribution in [3.05, 3.63) is 71.8 Å². The van der Waals surface area contributed by atoms with Crippen LogP contribution in [-0.2, 0) is 15.0 Å². The summed E-state index contributed by atoms with van der Waals surface area (Å²) in [5.41, 5.74) is 5.25. The number of nitrogens with one attached hydrogen (secondary N) is 1. The molecule has 0 bridgehead atoms. The van der Waals surface area contributed by atoms with E-state index in [1.807, 2.05) is 36.4 Å². The zero-order valence-corrected chi connectivity index (χ0v) is 14.5. The summed E-state index contributed by atoms with van der Waals surface area (Å²) in [4.78, 5) is 23.8. The Morgan fingerprint density at radius 3 is 2.00 bits per heavy atom. The molecule has 1 fully saturated rings. The van der Waals surface area contributed by atoms with Crippen molar-refractivity contribution >= 4 is 17.4 Å². The van der Waals surface area contributed by atoms with E-state index < -0.39 is 0 Å². The molecule has 1 aliphatic rings. The van der Waals surface area contributed by atoms with Crippen LogP contribution in [-0.4, -0.2) is 17.4 Å². The zero-order valence-electron chi connectivity index (χ0n) is 14.5. The lowest BCUT2D eigenvalue weighted by Crippen LogP contribution is -2.26. The highest BCUT2D eigenvalue weighted by Gasteiger charge is 2.60. The largest absolute Gasteiger partial charge is 0.300 e. The van der Waals surface area contributed by atoms with E-state index >= 15 is 0 Å². The number of hydrazone groups is 1. The summed E-state index contributed by atoms with van der Waals surface area (Å²) in [6.07, 6.45) is 1.02. The van der Waals surface area contributed by atoms with Crippen LogP contribution in [0.2, 0.25) is 0 Å². The quantitative estimate of drug-likeness (QED) is 0.649. The van der Waals surface area contributed by atoms with E-state index in [-0.39, 0.29) is 29.4 Å². The molecule has 0 heterocycles. The van der Waals surface area contributed by atoms with Gasteiger partial charge in [0.15, 0.2) is 0 Å². The van der Waals surface area contributed by atoms with Crippen molar-refractivity contribution in [2.75, 3.05) is 0 Å². The fourth-order valence-electron chi connectivity index (χ4n) is 3.48. The summed E-state index contributed by atoms with van der Waals surface area (Å²) < 4.78 is 0. The number of carbonyl (C=O) groups excluding carboxylic acids is 2. The summed E-state index contributed by atoms with van der Waals surface area (Å²) in [5, 5.41) is 4.07. The van der Waals surface area contributed by atoms with Crippen LogP contribution in [0.15, 0.2) is 65.8 Å². The number of nitrogens with zero attached hydrogens (tertiary/aromatic N) is 1. The van der Waals surface area contributed by atoms with Crippen LogP contribution in [0.5, 0.6) is 0 Å². The summed E-state index contributed by atoms with van der Waals surface area (Å²) in [7, 11) is 0. The van der Waals surface area contributed by atoms with Crippen molar-refractivity contribution in [2.45, 2.75) is 32.1 Å². The van der Waals surface area contributed by atoms with Crippen molar-refractivity contribution in [3.8, 4) is 0 Å². The number of Topliss-reactive ketones (excluding diaryl/α,β-unsaturated/α-hetero) is 1. The van der Waals surface area contributed by atoms with Crippen molar-refractivity contribution in [3.63, 3.8) is 0 Å². The number of benzene rings is 2. The number of hydrogen-bond donors (Lipinski definition) is 1. The Morgan fingerprint density at radius 1 is 1.00 bits per heavy atom. The van der Waals surface area contributed by atoms with Crippen LogP contribution in [0.3, 0.4) is 0 Å². The van der Waals surface area contributed by atoms with Gasteiger partial charge in [-0.2, -0.15) is 5.10 Å². The van der Waals surface area contributed by atoms with E-state index in [0.29, 0.717) is 5.71 Å². The first-order valence-electron chi connectivity index (χ1n) is 8.47. The second-order valence-electron chi connectivity index (χ2n) is 6.66. The van der Waals surface area contributed by atoms with Crippen LogP contribution >= 0.6 is 0 Å². The summed E-state index contributed by atoms with van der Waals surface area (Å²) in [6.45, 7) is 3.26. The molecule has 4 nitrogen and oxygen atoms in total. The molecule has 3 rings (SSSR count). The molecule has 1 unspecified atom stereocenters. The van der Waals surface area contributed by atoms with Crippen LogP contribution in [0, 0.1) is 5.92 Å². The third-order valence-corrected chi connectivity index (χ3v) is 4.72. The number of amides is 1. The minimum atomic E-state index is -0.295. The molecule has 1 N–H and O–H groups in total. The standard InChI is InChI=1S/C21H22N2O2/c1-15(13-16(2)24)22-23-20(25)19-14-21(19,17-9-5-3-6-10-17)18-11-7-4-8-12-18/h3-12,19H,13-14H2,1-2H3,(H,23,25). The maximum absolute atomic E-state index is 12.7. The van der Waals surface area contributed by atoms with Gasteiger partial charge in [0.05, 0.1) is 5.92 Å². The normalized spacial score (nSPS) is 18.5. The predicted molar refractivity (Wildman–Crippen MR) is 98.3 cm³/mol. The lowest BCUT2D eigenvalue weighted by atomic mass is 9.85. The molecule has 1 atom stereocenters. The third-order valence-electron chi connectivity index (χ3n) is 4.72. The predicted octanol–water partition coefficient (Wildman–Crippen LogP) is 3.46. The first kappa shape index (κ1) is 17.1. The maximum Gasteiger partial charge on any atom is 0.244 e. The molecule has 25 heavy (non-hydrogen) atoms. The SMILES string of the molecule is CC(=O)CC(C)=NNC(=O)C1CC1(c1ccccc1)c1ccccc1. The Balaban J connectivity index is 1.83. The van der Waals surface area contributed by atoms with Crippen molar-refractivity contribution in [2.24, 2.45) is 11.0 Å². The topological polar surface area (TPSA) is 58.5 Å². The van der Waals surface area contributed by atoms with Gasteiger partial charge in [0.2, 0.25) is 5.91 Å². The van der Waals surface area contributed by atoms with Gasteiger partial charge in [-0.25, -0.2) is 5.43 Å². The smallest absolute Gasteiger partial charge is 0.244 e. The van der Waals surface area contributed by atoms with Crippen LogP contribution in [0.25, 0.3) is 0 Å². The van der Waals surface area contributed by atoms with Gasteiger partial charge in [-0.15, -0.1) is 0 Å².